The third kappa shape index (κ3) is 5.74. The summed E-state index contributed by atoms with van der Waals surface area (Å²) in [6, 6.07) is 4.82. The van der Waals surface area contributed by atoms with Crippen LogP contribution in [0.5, 0.6) is 11.5 Å². The number of aliphatic hydroxyl groups is 1. The van der Waals surface area contributed by atoms with Crippen molar-refractivity contribution >= 4 is 24.5 Å². The van der Waals surface area contributed by atoms with Crippen molar-refractivity contribution in [2.45, 2.75) is 52.6 Å². The Morgan fingerprint density at radius 3 is 2.32 bits per heavy atom. The fraction of sp³-hybridized carbons (Fsp3) is 0.652. The third-order valence-electron chi connectivity index (χ3n) is 5.95. The second kappa shape index (κ2) is 9.81. The number of aromatic nitrogens is 2. The van der Waals surface area contributed by atoms with Gasteiger partial charge < -0.3 is 19.1 Å². The standard InChI is InChI=1S/C23H37N3O4Si/c1-23(2,3)15-31(6,30-26-10-7-17(8-11-26)9-12-27)22-18-13-20(28-4)21(29-5)14-19(18)24-16-25-22/h13-14,16-17,27H,7-12,15H2,1-6H3. The van der Waals surface area contributed by atoms with Crippen LogP contribution in [0.15, 0.2) is 18.5 Å². The van der Waals surface area contributed by atoms with Gasteiger partial charge >= 0.3 is 0 Å². The third-order valence-corrected chi connectivity index (χ3v) is 9.75. The fourth-order valence-electron chi connectivity index (χ4n) is 4.73. The summed E-state index contributed by atoms with van der Waals surface area (Å²) in [5.74, 6) is 1.91. The molecule has 1 fully saturated rings. The number of piperidine rings is 1. The number of hydroxylamine groups is 2. The molecule has 172 valence electrons. The Morgan fingerprint density at radius 1 is 1.10 bits per heavy atom. The maximum Gasteiger partial charge on any atom is 0.268 e. The number of fused-ring (bicyclic) bond motifs is 1. The largest absolute Gasteiger partial charge is 0.493 e. The second-order valence-corrected chi connectivity index (χ2v) is 13.4. The zero-order valence-corrected chi connectivity index (χ0v) is 20.8. The summed E-state index contributed by atoms with van der Waals surface area (Å²) < 4.78 is 17.9. The van der Waals surface area contributed by atoms with Crippen LogP contribution >= 0.6 is 0 Å². The first-order valence-electron chi connectivity index (χ1n) is 11.1. The minimum absolute atomic E-state index is 0.0873. The van der Waals surface area contributed by atoms with Gasteiger partial charge in [-0.2, -0.15) is 0 Å². The maximum absolute atomic E-state index is 9.26. The van der Waals surface area contributed by atoms with Crippen LogP contribution in [-0.2, 0) is 4.53 Å². The number of nitrogens with zero attached hydrogens (tertiary/aromatic N) is 3. The Balaban J connectivity index is 1.99. The van der Waals surface area contributed by atoms with E-state index in [0.29, 0.717) is 17.4 Å². The molecule has 1 aromatic carbocycles. The maximum atomic E-state index is 9.26. The molecule has 2 aromatic rings. The lowest BCUT2D eigenvalue weighted by atomic mass is 9.95. The van der Waals surface area contributed by atoms with Gasteiger partial charge in [-0.25, -0.2) is 15.0 Å². The summed E-state index contributed by atoms with van der Waals surface area (Å²) in [6.07, 6.45) is 4.61. The summed E-state index contributed by atoms with van der Waals surface area (Å²) >= 11 is 0. The smallest absolute Gasteiger partial charge is 0.268 e. The van der Waals surface area contributed by atoms with Gasteiger partial charge in [0.25, 0.3) is 8.32 Å². The number of ether oxygens (including phenoxy) is 2. The quantitative estimate of drug-likeness (QED) is 0.621. The van der Waals surface area contributed by atoms with E-state index in [4.69, 9.17) is 19.0 Å². The van der Waals surface area contributed by atoms with E-state index in [1.807, 2.05) is 12.1 Å². The highest BCUT2D eigenvalue weighted by atomic mass is 28.4. The molecule has 2 heterocycles. The first-order chi connectivity index (χ1) is 14.7. The second-order valence-electron chi connectivity index (χ2n) is 9.89. The predicted molar refractivity (Wildman–Crippen MR) is 125 cm³/mol. The lowest BCUT2D eigenvalue weighted by molar-refractivity contribution is -0.0925. The Kier molecular flexibility index (Phi) is 7.57. The molecule has 7 nitrogen and oxygen atoms in total. The van der Waals surface area contributed by atoms with E-state index in [1.165, 1.54) is 0 Å². The van der Waals surface area contributed by atoms with Crippen molar-refractivity contribution in [3.8, 4) is 11.5 Å². The molecular formula is C23H37N3O4Si. The van der Waals surface area contributed by atoms with E-state index in [0.717, 1.165) is 54.6 Å². The van der Waals surface area contributed by atoms with Crippen molar-refractivity contribution < 1.29 is 19.1 Å². The molecule has 1 unspecified atom stereocenters. The zero-order valence-electron chi connectivity index (χ0n) is 19.8. The molecular weight excluding hydrogens is 410 g/mol. The number of benzene rings is 1. The lowest BCUT2D eigenvalue weighted by Gasteiger charge is -2.40. The van der Waals surface area contributed by atoms with Crippen molar-refractivity contribution in [1.29, 1.82) is 0 Å². The number of rotatable bonds is 8. The molecule has 1 N–H and O–H groups in total. The number of methoxy groups -OCH3 is 2. The SMILES string of the molecule is COc1cc2ncnc([Si](C)(CC(C)(C)C)ON3CCC(CCO)CC3)c2cc1OC. The molecule has 0 saturated carbocycles. The molecule has 31 heavy (non-hydrogen) atoms. The van der Waals surface area contributed by atoms with Gasteiger partial charge in [0.05, 0.1) is 25.1 Å². The molecule has 1 aliphatic rings. The van der Waals surface area contributed by atoms with Crippen molar-refractivity contribution in [1.82, 2.24) is 15.0 Å². The molecule has 1 saturated heterocycles. The van der Waals surface area contributed by atoms with Gasteiger partial charge in [0.1, 0.15) is 6.33 Å². The van der Waals surface area contributed by atoms with Gasteiger partial charge in [-0.15, -0.1) is 0 Å². The average Bonchev–Trinajstić information content (AvgIpc) is 2.72. The van der Waals surface area contributed by atoms with Crippen molar-refractivity contribution in [3.05, 3.63) is 18.5 Å². The van der Waals surface area contributed by atoms with E-state index in [2.05, 4.69) is 37.4 Å². The van der Waals surface area contributed by atoms with Crippen LogP contribution in [0, 0.1) is 11.3 Å². The predicted octanol–water partition coefficient (Wildman–Crippen LogP) is 3.50. The highest BCUT2D eigenvalue weighted by molar-refractivity contribution is 6.86. The number of hydrogen-bond donors (Lipinski definition) is 1. The topological polar surface area (TPSA) is 76.9 Å². The van der Waals surface area contributed by atoms with Gasteiger partial charge in [-0.3, -0.25) is 0 Å². The van der Waals surface area contributed by atoms with Crippen LogP contribution < -0.4 is 14.8 Å². The minimum Gasteiger partial charge on any atom is -0.493 e. The highest BCUT2D eigenvalue weighted by Crippen LogP contribution is 2.34. The van der Waals surface area contributed by atoms with E-state index >= 15 is 0 Å². The fourth-order valence-corrected chi connectivity index (χ4v) is 8.93. The van der Waals surface area contributed by atoms with Crippen molar-refractivity contribution in [3.63, 3.8) is 0 Å². The van der Waals surface area contributed by atoms with Gasteiger partial charge in [-0.1, -0.05) is 20.8 Å². The van der Waals surface area contributed by atoms with Crippen LogP contribution in [-0.4, -0.2) is 62.4 Å². The first kappa shape index (κ1) is 23.9. The van der Waals surface area contributed by atoms with Crippen LogP contribution in [0.25, 0.3) is 10.9 Å². The van der Waals surface area contributed by atoms with E-state index in [1.54, 1.807) is 20.5 Å². The first-order valence-corrected chi connectivity index (χ1v) is 13.7. The van der Waals surface area contributed by atoms with Gasteiger partial charge in [0.15, 0.2) is 11.5 Å². The Morgan fingerprint density at radius 2 is 1.74 bits per heavy atom. The molecule has 3 rings (SSSR count). The van der Waals surface area contributed by atoms with Gasteiger partial charge in [0, 0.05) is 31.1 Å². The zero-order chi connectivity index (χ0) is 22.6. The number of aliphatic hydroxyl groups excluding tert-OH is 1. The molecule has 1 aromatic heterocycles. The van der Waals surface area contributed by atoms with Crippen LogP contribution in [0.2, 0.25) is 12.6 Å². The summed E-state index contributed by atoms with van der Waals surface area (Å²) in [5.41, 5.74) is 0.921. The summed E-state index contributed by atoms with van der Waals surface area (Å²) in [5, 5.41) is 13.4. The summed E-state index contributed by atoms with van der Waals surface area (Å²) in [6.45, 7) is 11.1. The summed E-state index contributed by atoms with van der Waals surface area (Å²) in [7, 11) is 0.790. The van der Waals surface area contributed by atoms with Crippen molar-refractivity contribution in [2.75, 3.05) is 33.9 Å². The van der Waals surface area contributed by atoms with E-state index < -0.39 is 8.32 Å². The molecule has 0 amide bonds. The molecule has 1 aliphatic heterocycles. The van der Waals surface area contributed by atoms with Crippen LogP contribution in [0.3, 0.4) is 0 Å². The molecule has 0 spiro atoms. The van der Waals surface area contributed by atoms with Crippen LogP contribution in [0.1, 0.15) is 40.0 Å². The van der Waals surface area contributed by atoms with E-state index in [9.17, 15) is 5.11 Å². The monoisotopic (exact) mass is 447 g/mol. The van der Waals surface area contributed by atoms with E-state index in [-0.39, 0.29) is 12.0 Å². The Labute approximate surface area is 186 Å². The minimum atomic E-state index is -2.49. The van der Waals surface area contributed by atoms with Crippen LogP contribution in [0.4, 0.5) is 0 Å². The lowest BCUT2D eigenvalue weighted by Crippen LogP contribution is -2.56. The highest BCUT2D eigenvalue weighted by Gasteiger charge is 2.42. The molecule has 0 aliphatic carbocycles. The normalized spacial score (nSPS) is 18.2. The van der Waals surface area contributed by atoms with Gasteiger partial charge in [-0.05, 0) is 49.3 Å². The molecule has 0 radical (unpaired) electrons. The van der Waals surface area contributed by atoms with Crippen molar-refractivity contribution in [2.24, 2.45) is 11.3 Å². The average molecular weight is 448 g/mol. The van der Waals surface area contributed by atoms with Gasteiger partial charge in [0.2, 0.25) is 0 Å². The molecule has 1 atom stereocenters. The number of hydrogen-bond acceptors (Lipinski definition) is 7. The molecule has 0 bridgehead atoms. The molecule has 8 heteroatoms. The Hall–Kier alpha value is -1.74. The summed E-state index contributed by atoms with van der Waals surface area (Å²) in [4.78, 5) is 9.27. The Bertz CT molecular complexity index is 881.